The van der Waals surface area contributed by atoms with E-state index in [0.717, 1.165) is 12.1 Å². The van der Waals surface area contributed by atoms with Crippen molar-refractivity contribution in [2.45, 2.75) is 20.0 Å². The summed E-state index contributed by atoms with van der Waals surface area (Å²) in [5.41, 5.74) is -0.950. The van der Waals surface area contributed by atoms with Gasteiger partial charge in [0.15, 0.2) is 0 Å². The van der Waals surface area contributed by atoms with E-state index in [9.17, 15) is 18.0 Å². The van der Waals surface area contributed by atoms with Crippen molar-refractivity contribution >= 4 is 41.7 Å². The van der Waals surface area contributed by atoms with Crippen molar-refractivity contribution in [1.82, 2.24) is 0 Å². The summed E-state index contributed by atoms with van der Waals surface area (Å²) in [6.07, 6.45) is -4.54. The lowest BCUT2D eigenvalue weighted by Crippen LogP contribution is -2.15. The first-order chi connectivity index (χ1) is 13.6. The van der Waals surface area contributed by atoms with Gasteiger partial charge >= 0.3 is 12.9 Å². The Morgan fingerprint density at radius 2 is 1.79 bits per heavy atom. The summed E-state index contributed by atoms with van der Waals surface area (Å²) in [6.45, 7) is 0.721. The second-order valence-corrected chi connectivity index (χ2v) is 8.92. The van der Waals surface area contributed by atoms with Gasteiger partial charge in [0.2, 0.25) is 0 Å². The molecule has 0 aromatic heterocycles. The molecule has 29 heavy (non-hydrogen) atoms. The molecule has 0 fully saturated rings. The third kappa shape index (κ3) is 6.69. The minimum absolute atomic E-state index is 0.0245. The molecule has 1 N–H and O–H groups in total. The van der Waals surface area contributed by atoms with E-state index in [0.29, 0.717) is 0 Å². The van der Waals surface area contributed by atoms with Crippen molar-refractivity contribution in [2.24, 2.45) is 0 Å². The van der Waals surface area contributed by atoms with Crippen molar-refractivity contribution in [3.63, 3.8) is 0 Å². The smallest absolute Gasteiger partial charge is 0.416 e. The molecule has 0 spiro atoms. The topological polar surface area (TPSA) is 56.8 Å². The average molecular weight is 468 g/mol. The molecule has 158 valence electrons. The molecular weight excluding hydrogens is 450 g/mol. The predicted octanol–water partition coefficient (Wildman–Crippen LogP) is 6.29. The van der Waals surface area contributed by atoms with E-state index in [1.165, 1.54) is 30.3 Å². The number of nitrogens with one attached hydrogen (secondary N) is 1. The highest BCUT2D eigenvalue weighted by Gasteiger charge is 2.31. The number of alkyl halides is 3. The van der Waals surface area contributed by atoms with Gasteiger partial charge in [-0.15, -0.1) is 0 Å². The lowest BCUT2D eigenvalue weighted by molar-refractivity contribution is -0.137. The molecule has 0 heterocycles. The summed E-state index contributed by atoms with van der Waals surface area (Å²) in [5.74, 6) is -0.680. The summed E-state index contributed by atoms with van der Waals surface area (Å²) in [6, 6.07) is 8.48. The highest BCUT2D eigenvalue weighted by Crippen LogP contribution is 2.50. The van der Waals surface area contributed by atoms with E-state index in [2.05, 4.69) is 5.32 Å². The van der Waals surface area contributed by atoms with Gasteiger partial charge in [0.25, 0.3) is 5.91 Å². The van der Waals surface area contributed by atoms with Crippen molar-refractivity contribution in [1.29, 1.82) is 0 Å². The molecule has 0 aliphatic rings. The Kier molecular flexibility index (Phi) is 8.08. The van der Waals surface area contributed by atoms with E-state index in [1.807, 2.05) is 0 Å². The van der Waals surface area contributed by atoms with Crippen LogP contribution in [0.2, 0.25) is 5.02 Å². The Labute approximate surface area is 176 Å². The monoisotopic (exact) mass is 467 g/mol. The highest BCUT2D eigenvalue weighted by molar-refractivity contribution is 8.07. The first kappa shape index (κ1) is 23.6. The fourth-order valence-corrected chi connectivity index (χ4v) is 4.52. The maximum atomic E-state index is 12.9. The normalized spacial score (nSPS) is 11.9. The van der Waals surface area contributed by atoms with Gasteiger partial charge in [-0.3, -0.25) is 13.8 Å². The van der Waals surface area contributed by atoms with Crippen LogP contribution < -0.4 is 9.84 Å². The molecule has 5 nitrogen and oxygen atoms in total. The molecule has 1 amide bonds. The van der Waals surface area contributed by atoms with Gasteiger partial charge in [-0.05, 0) is 50.2 Å². The maximum Gasteiger partial charge on any atom is 0.416 e. The number of hydrogen-bond donors (Lipinski definition) is 1. The van der Waals surface area contributed by atoms with Crippen LogP contribution in [0.1, 0.15) is 29.8 Å². The number of hydrogen-bond acceptors (Lipinski definition) is 5. The van der Waals surface area contributed by atoms with Gasteiger partial charge in [0.1, 0.15) is 5.75 Å². The van der Waals surface area contributed by atoms with Gasteiger partial charge in [-0.1, -0.05) is 17.7 Å². The number of rotatable bonds is 8. The minimum atomic E-state index is -4.54. The molecule has 0 bridgehead atoms. The molecule has 0 aliphatic carbocycles. The summed E-state index contributed by atoms with van der Waals surface area (Å²) in [5, 5.41) is 2.64. The Bertz CT molecular complexity index is 916. The Morgan fingerprint density at radius 1 is 1.14 bits per heavy atom. The van der Waals surface area contributed by atoms with Crippen LogP contribution in [0.4, 0.5) is 18.9 Å². The fraction of sp³-hybridized carbons (Fsp3) is 0.278. The summed E-state index contributed by atoms with van der Waals surface area (Å²) in [7, 11) is 0. The average Bonchev–Trinajstić information content (AvgIpc) is 2.63. The quantitative estimate of drug-likeness (QED) is 0.462. The molecule has 2 aromatic rings. The van der Waals surface area contributed by atoms with E-state index < -0.39 is 24.4 Å². The van der Waals surface area contributed by atoms with Crippen molar-refractivity contribution in [3.05, 3.63) is 58.6 Å². The molecule has 0 atom stereocenters. The van der Waals surface area contributed by atoms with Crippen LogP contribution in [0.3, 0.4) is 0 Å². The first-order valence-corrected chi connectivity index (χ1v) is 11.4. The number of halogens is 4. The van der Waals surface area contributed by atoms with E-state index >= 15 is 0 Å². The molecule has 0 radical (unpaired) electrons. The summed E-state index contributed by atoms with van der Waals surface area (Å²) < 4.78 is 55.2. The van der Waals surface area contributed by atoms with E-state index in [4.69, 9.17) is 37.0 Å². The first-order valence-electron chi connectivity index (χ1n) is 8.45. The van der Waals surface area contributed by atoms with Gasteiger partial charge in [0, 0.05) is 22.5 Å². The highest BCUT2D eigenvalue weighted by atomic mass is 35.5. The maximum absolute atomic E-state index is 12.9. The molecule has 0 saturated carbocycles. The second kappa shape index (κ2) is 9.91. The van der Waals surface area contributed by atoms with E-state index in [1.54, 1.807) is 13.8 Å². The molecule has 0 saturated heterocycles. The number of benzene rings is 2. The summed E-state index contributed by atoms with van der Waals surface area (Å²) in [4.78, 5) is 12.7. The molecule has 2 aromatic carbocycles. The Morgan fingerprint density at radius 3 is 2.38 bits per heavy atom. The standard InChI is InChI=1S/C18H18ClF3NO4PS/c1-3-25-28(29,26-4-2)27-16-9-8-13(19)11-15(16)17(24)23-14-7-5-6-12(10-14)18(20,21)22/h5-11H,3-4H2,1-2H3,(H,23,24). The molecule has 0 aliphatic heterocycles. The summed E-state index contributed by atoms with van der Waals surface area (Å²) >= 11 is 11.3. The van der Waals surface area contributed by atoms with Crippen LogP contribution in [0.15, 0.2) is 42.5 Å². The van der Waals surface area contributed by atoms with Crippen LogP contribution in [0.25, 0.3) is 0 Å². The zero-order valence-corrected chi connectivity index (χ0v) is 17.9. The largest absolute Gasteiger partial charge is 0.423 e. The third-order valence-electron chi connectivity index (χ3n) is 3.42. The third-order valence-corrected chi connectivity index (χ3v) is 6.08. The van der Waals surface area contributed by atoms with Crippen LogP contribution in [-0.2, 0) is 27.0 Å². The lowest BCUT2D eigenvalue weighted by atomic mass is 10.1. The molecular formula is C18H18ClF3NO4PS. The SMILES string of the molecule is CCOP(=S)(OCC)Oc1ccc(Cl)cc1C(=O)Nc1cccc(C(F)(F)F)c1. The minimum Gasteiger partial charge on any atom is -0.423 e. The zero-order valence-electron chi connectivity index (χ0n) is 15.5. The van der Waals surface area contributed by atoms with E-state index in [-0.39, 0.29) is 35.2 Å². The predicted molar refractivity (Wildman–Crippen MR) is 109 cm³/mol. The van der Waals surface area contributed by atoms with Gasteiger partial charge in [-0.25, -0.2) is 0 Å². The van der Waals surface area contributed by atoms with Crippen LogP contribution >= 0.6 is 18.3 Å². The molecule has 0 unspecified atom stereocenters. The lowest BCUT2D eigenvalue weighted by Gasteiger charge is -2.22. The van der Waals surface area contributed by atoms with Crippen molar-refractivity contribution < 1.29 is 31.5 Å². The van der Waals surface area contributed by atoms with Gasteiger partial charge in [0.05, 0.1) is 24.3 Å². The number of amides is 1. The second-order valence-electron chi connectivity index (χ2n) is 5.55. The zero-order chi connectivity index (χ0) is 21.7. The van der Waals surface area contributed by atoms with Crippen LogP contribution in [-0.4, -0.2) is 19.1 Å². The van der Waals surface area contributed by atoms with Gasteiger partial charge < -0.3 is 9.84 Å². The number of carbonyl (C=O) groups is 1. The van der Waals surface area contributed by atoms with Crippen LogP contribution in [0.5, 0.6) is 5.75 Å². The van der Waals surface area contributed by atoms with Crippen molar-refractivity contribution in [2.75, 3.05) is 18.5 Å². The van der Waals surface area contributed by atoms with Gasteiger partial charge in [-0.2, -0.15) is 13.2 Å². The van der Waals surface area contributed by atoms with Crippen LogP contribution in [0, 0.1) is 0 Å². The number of anilines is 1. The molecule has 11 heteroatoms. The molecule has 2 rings (SSSR count). The Hall–Kier alpha value is -1.64. The number of carbonyl (C=O) groups excluding carboxylic acids is 1. The fourth-order valence-electron chi connectivity index (χ4n) is 2.26. The van der Waals surface area contributed by atoms with Crippen molar-refractivity contribution in [3.8, 4) is 5.75 Å². The Balaban J connectivity index is 2.33.